The van der Waals surface area contributed by atoms with Crippen LogP contribution in [-0.2, 0) is 0 Å². The van der Waals surface area contributed by atoms with Gasteiger partial charge in [0, 0.05) is 23.9 Å². The summed E-state index contributed by atoms with van der Waals surface area (Å²) in [5, 5.41) is 19.2. The molecule has 1 aliphatic rings. The van der Waals surface area contributed by atoms with Crippen molar-refractivity contribution < 1.29 is 15.0 Å². The molecule has 3 rings (SSSR count). The number of carbonyl (C=O) groups excluding carboxylic acids is 1. The van der Waals surface area contributed by atoms with Crippen LogP contribution in [0.3, 0.4) is 0 Å². The first-order valence-electron chi connectivity index (χ1n) is 7.84. The molecular formula is C18H21NO3S. The third-order valence-corrected chi connectivity index (χ3v) is 5.65. The van der Waals surface area contributed by atoms with Gasteiger partial charge in [0.05, 0.1) is 17.6 Å². The number of aryl methyl sites for hydroxylation is 1. The highest BCUT2D eigenvalue weighted by molar-refractivity contribution is 7.17. The van der Waals surface area contributed by atoms with Gasteiger partial charge < -0.3 is 15.1 Å². The van der Waals surface area contributed by atoms with E-state index in [0.29, 0.717) is 19.5 Å². The van der Waals surface area contributed by atoms with E-state index in [1.54, 1.807) is 4.90 Å². The van der Waals surface area contributed by atoms with E-state index in [0.717, 1.165) is 20.9 Å². The molecule has 5 heteroatoms. The zero-order valence-corrected chi connectivity index (χ0v) is 13.9. The molecule has 2 aromatic rings. The molecule has 0 spiro atoms. The lowest BCUT2D eigenvalue weighted by Gasteiger charge is -2.35. The summed E-state index contributed by atoms with van der Waals surface area (Å²) in [6.45, 7) is 2.87. The van der Waals surface area contributed by atoms with Crippen molar-refractivity contribution in [1.29, 1.82) is 0 Å². The Balaban J connectivity index is 1.81. The number of rotatable bonds is 3. The zero-order valence-electron chi connectivity index (χ0n) is 13.1. The fourth-order valence-electron chi connectivity index (χ4n) is 3.00. The normalized spacial score (nSPS) is 21.4. The molecule has 0 radical (unpaired) electrons. The van der Waals surface area contributed by atoms with Crippen molar-refractivity contribution >= 4 is 17.2 Å². The number of carbonyl (C=O) groups is 1. The predicted octanol–water partition coefficient (Wildman–Crippen LogP) is 2.54. The molecule has 4 nitrogen and oxygen atoms in total. The number of amides is 1. The van der Waals surface area contributed by atoms with Crippen molar-refractivity contribution in [3.63, 3.8) is 0 Å². The molecule has 0 aliphatic carbocycles. The quantitative estimate of drug-likeness (QED) is 0.908. The summed E-state index contributed by atoms with van der Waals surface area (Å²) in [4.78, 5) is 16.3. The van der Waals surface area contributed by atoms with Crippen molar-refractivity contribution in [2.45, 2.75) is 19.4 Å². The average molecular weight is 331 g/mol. The lowest BCUT2D eigenvalue weighted by molar-refractivity contribution is 0.00363. The minimum Gasteiger partial charge on any atom is -0.396 e. The number of likely N-dealkylation sites (tertiary alicyclic amines) is 1. The Morgan fingerprint density at radius 1 is 1.35 bits per heavy atom. The molecule has 2 heterocycles. The van der Waals surface area contributed by atoms with Gasteiger partial charge in [0.15, 0.2) is 0 Å². The van der Waals surface area contributed by atoms with Crippen LogP contribution < -0.4 is 0 Å². The molecule has 2 atom stereocenters. The van der Waals surface area contributed by atoms with Gasteiger partial charge in [0.2, 0.25) is 0 Å². The molecular weight excluding hydrogens is 310 g/mol. The first-order chi connectivity index (χ1) is 11.1. The molecule has 0 bridgehead atoms. The molecule has 1 aromatic heterocycles. The second-order valence-electron chi connectivity index (χ2n) is 6.04. The number of hydrogen-bond donors (Lipinski definition) is 2. The van der Waals surface area contributed by atoms with Crippen molar-refractivity contribution in [2.24, 2.45) is 5.92 Å². The summed E-state index contributed by atoms with van der Waals surface area (Å²) < 4.78 is 0. The monoisotopic (exact) mass is 331 g/mol. The first kappa shape index (κ1) is 16.2. The van der Waals surface area contributed by atoms with E-state index in [4.69, 9.17) is 0 Å². The van der Waals surface area contributed by atoms with E-state index >= 15 is 0 Å². The van der Waals surface area contributed by atoms with E-state index in [-0.39, 0.29) is 18.4 Å². The Hall–Kier alpha value is -1.69. The lowest BCUT2D eigenvalue weighted by Crippen LogP contribution is -2.47. The van der Waals surface area contributed by atoms with Gasteiger partial charge >= 0.3 is 0 Å². The molecule has 23 heavy (non-hydrogen) atoms. The minimum atomic E-state index is -0.519. The maximum absolute atomic E-state index is 12.7. The van der Waals surface area contributed by atoms with Gasteiger partial charge in [-0.15, -0.1) is 11.3 Å². The van der Waals surface area contributed by atoms with Gasteiger partial charge in [-0.25, -0.2) is 0 Å². The number of thiophene rings is 1. The zero-order chi connectivity index (χ0) is 16.4. The Kier molecular flexibility index (Phi) is 4.80. The minimum absolute atomic E-state index is 0.00867. The van der Waals surface area contributed by atoms with Crippen LogP contribution in [0, 0.1) is 12.8 Å². The van der Waals surface area contributed by atoms with E-state index in [9.17, 15) is 15.0 Å². The van der Waals surface area contributed by atoms with Crippen LogP contribution in [0.25, 0.3) is 10.4 Å². The van der Waals surface area contributed by atoms with E-state index in [1.165, 1.54) is 11.3 Å². The first-order valence-corrected chi connectivity index (χ1v) is 8.66. The molecule has 1 amide bonds. The molecule has 0 saturated carbocycles. The standard InChI is InChI=1S/C18H21NO3S/c1-12-9-16(23-17(12)13-5-3-2-4-6-13)18(22)19-8-7-15(21)14(10-19)11-20/h2-6,9,14-15,20-21H,7-8,10-11H2,1H3/t14-,15-/m1/s1. The van der Waals surface area contributed by atoms with Gasteiger partial charge in [-0.1, -0.05) is 30.3 Å². The van der Waals surface area contributed by atoms with Crippen LogP contribution in [0.2, 0.25) is 0 Å². The molecule has 122 valence electrons. The number of benzene rings is 1. The maximum atomic E-state index is 12.7. The molecule has 0 unspecified atom stereocenters. The number of aliphatic hydroxyl groups is 2. The second kappa shape index (κ2) is 6.83. The van der Waals surface area contributed by atoms with Crippen molar-refractivity contribution in [2.75, 3.05) is 19.7 Å². The summed E-state index contributed by atoms with van der Waals surface area (Å²) >= 11 is 1.51. The highest BCUT2D eigenvalue weighted by Crippen LogP contribution is 2.33. The summed E-state index contributed by atoms with van der Waals surface area (Å²) in [6, 6.07) is 12.0. The van der Waals surface area contributed by atoms with Gasteiger partial charge in [-0.2, -0.15) is 0 Å². The van der Waals surface area contributed by atoms with Crippen molar-refractivity contribution in [3.8, 4) is 10.4 Å². The van der Waals surface area contributed by atoms with Gasteiger partial charge in [-0.3, -0.25) is 4.79 Å². The SMILES string of the molecule is Cc1cc(C(=O)N2CC[C@@H](O)[C@@H](CO)C2)sc1-c1ccccc1. The Bertz CT molecular complexity index is 683. The topological polar surface area (TPSA) is 60.8 Å². The van der Waals surface area contributed by atoms with Crippen LogP contribution >= 0.6 is 11.3 Å². The Morgan fingerprint density at radius 3 is 2.78 bits per heavy atom. The lowest BCUT2D eigenvalue weighted by atomic mass is 9.95. The summed E-state index contributed by atoms with van der Waals surface area (Å²) in [5.74, 6) is -0.256. The number of aliphatic hydroxyl groups excluding tert-OH is 2. The molecule has 1 aromatic carbocycles. The van der Waals surface area contributed by atoms with Crippen molar-refractivity contribution in [1.82, 2.24) is 4.90 Å². The predicted molar refractivity (Wildman–Crippen MR) is 91.6 cm³/mol. The van der Waals surface area contributed by atoms with Crippen LogP contribution in [0.1, 0.15) is 21.7 Å². The highest BCUT2D eigenvalue weighted by atomic mass is 32.1. The summed E-state index contributed by atoms with van der Waals surface area (Å²) in [6.07, 6.45) is 0.00126. The van der Waals surface area contributed by atoms with Gasteiger partial charge in [0.1, 0.15) is 0 Å². The molecule has 1 fully saturated rings. The third kappa shape index (κ3) is 3.32. The van der Waals surface area contributed by atoms with Crippen LogP contribution in [0.4, 0.5) is 0 Å². The molecule has 1 aliphatic heterocycles. The van der Waals surface area contributed by atoms with E-state index in [1.807, 2.05) is 43.3 Å². The maximum Gasteiger partial charge on any atom is 0.263 e. The number of piperidine rings is 1. The molecule has 1 saturated heterocycles. The van der Waals surface area contributed by atoms with Crippen LogP contribution in [-0.4, -0.2) is 46.8 Å². The number of hydrogen-bond acceptors (Lipinski definition) is 4. The fourth-order valence-corrected chi connectivity index (χ4v) is 4.15. The average Bonchev–Trinajstić information content (AvgIpc) is 2.97. The van der Waals surface area contributed by atoms with E-state index < -0.39 is 6.10 Å². The largest absolute Gasteiger partial charge is 0.396 e. The fraction of sp³-hybridized carbons (Fsp3) is 0.389. The second-order valence-corrected chi connectivity index (χ2v) is 7.09. The van der Waals surface area contributed by atoms with E-state index in [2.05, 4.69) is 0 Å². The van der Waals surface area contributed by atoms with Crippen LogP contribution in [0.15, 0.2) is 36.4 Å². The van der Waals surface area contributed by atoms with Gasteiger partial charge in [-0.05, 0) is 30.5 Å². The summed E-state index contributed by atoms with van der Waals surface area (Å²) in [5.41, 5.74) is 2.22. The van der Waals surface area contributed by atoms with Gasteiger partial charge in [0.25, 0.3) is 5.91 Å². The summed E-state index contributed by atoms with van der Waals surface area (Å²) in [7, 11) is 0. The third-order valence-electron chi connectivity index (χ3n) is 4.38. The van der Waals surface area contributed by atoms with Crippen LogP contribution in [0.5, 0.6) is 0 Å². The van der Waals surface area contributed by atoms with Crippen molar-refractivity contribution in [3.05, 3.63) is 46.8 Å². The number of nitrogens with zero attached hydrogens (tertiary/aromatic N) is 1. The Labute approximate surface area is 140 Å². The Morgan fingerprint density at radius 2 is 2.09 bits per heavy atom. The highest BCUT2D eigenvalue weighted by Gasteiger charge is 2.31. The molecule has 2 N–H and O–H groups in total. The smallest absolute Gasteiger partial charge is 0.263 e.